The van der Waals surface area contributed by atoms with Gasteiger partial charge in [0.2, 0.25) is 0 Å². The zero-order valence-corrected chi connectivity index (χ0v) is 21.9. The van der Waals surface area contributed by atoms with Crippen LogP contribution in [0, 0.1) is 34.0 Å². The Balaban J connectivity index is 1.54. The molecule has 0 radical (unpaired) electrons. The summed E-state index contributed by atoms with van der Waals surface area (Å²) in [7, 11) is 1.60. The molecule has 0 aliphatic carbocycles. The number of nitrogen functional groups attached to an aromatic ring is 1. The molecule has 0 unspecified atom stereocenters. The Bertz CT molecular complexity index is 1550. The van der Waals surface area contributed by atoms with E-state index in [1.165, 1.54) is 23.1 Å². The number of methoxy groups -OCH3 is 1. The standard InChI is InChI=1S/C27H21N7O2S2/c1-35-10-11-36-21-8-4-18(5-9-21)24-22(13-29)25(31)34-26(23(24)14-30)37-15-20-16-38-27(33-20)32-19-6-2-17(12-28)3-7-19/h2-9,16H,10-11,15H2,1H3,(H2,31,34)(H,32,33). The first-order chi connectivity index (χ1) is 18.6. The summed E-state index contributed by atoms with van der Waals surface area (Å²) in [5, 5.41) is 35.0. The van der Waals surface area contributed by atoms with E-state index < -0.39 is 0 Å². The van der Waals surface area contributed by atoms with Gasteiger partial charge >= 0.3 is 0 Å². The van der Waals surface area contributed by atoms with E-state index in [1.807, 2.05) is 17.5 Å². The van der Waals surface area contributed by atoms with Gasteiger partial charge in [0.1, 0.15) is 40.9 Å². The molecule has 3 N–H and O–H groups in total. The lowest BCUT2D eigenvalue weighted by Gasteiger charge is -2.13. The minimum atomic E-state index is 0.0610. The number of anilines is 3. The number of ether oxygens (including phenoxy) is 2. The molecule has 9 nitrogen and oxygen atoms in total. The number of hydrogen-bond acceptors (Lipinski definition) is 11. The van der Waals surface area contributed by atoms with Gasteiger partial charge in [0.25, 0.3) is 0 Å². The van der Waals surface area contributed by atoms with E-state index >= 15 is 0 Å². The Labute approximate surface area is 228 Å². The topological polar surface area (TPSA) is 154 Å². The van der Waals surface area contributed by atoms with Crippen LogP contribution in [0.4, 0.5) is 16.6 Å². The quantitative estimate of drug-likeness (QED) is 0.196. The second kappa shape index (κ2) is 12.6. The van der Waals surface area contributed by atoms with Crippen molar-refractivity contribution in [3.05, 3.63) is 76.3 Å². The molecule has 0 aliphatic rings. The van der Waals surface area contributed by atoms with Crippen LogP contribution in [0.15, 0.2) is 58.9 Å². The number of nitriles is 3. The van der Waals surface area contributed by atoms with E-state index in [0.717, 1.165) is 11.4 Å². The van der Waals surface area contributed by atoms with Gasteiger partial charge in [-0.15, -0.1) is 11.3 Å². The van der Waals surface area contributed by atoms with E-state index in [-0.39, 0.29) is 16.9 Å². The summed E-state index contributed by atoms with van der Waals surface area (Å²) < 4.78 is 10.6. The average molecular weight is 540 g/mol. The van der Waals surface area contributed by atoms with Crippen LogP contribution >= 0.6 is 23.1 Å². The second-order valence-electron chi connectivity index (χ2n) is 7.76. The lowest BCUT2D eigenvalue weighted by molar-refractivity contribution is 0.146. The molecule has 0 spiro atoms. The number of benzene rings is 2. The number of nitrogens with two attached hydrogens (primary N) is 1. The Morgan fingerprint density at radius 1 is 0.947 bits per heavy atom. The summed E-state index contributed by atoms with van der Waals surface area (Å²) in [4.78, 5) is 8.97. The summed E-state index contributed by atoms with van der Waals surface area (Å²) in [5.74, 6) is 1.16. The molecule has 2 aromatic carbocycles. The van der Waals surface area contributed by atoms with Gasteiger partial charge in [-0.2, -0.15) is 15.8 Å². The van der Waals surface area contributed by atoms with Crippen LogP contribution in [-0.2, 0) is 10.5 Å². The summed E-state index contributed by atoms with van der Waals surface area (Å²) in [6, 6.07) is 20.6. The number of thioether (sulfide) groups is 1. The molecule has 0 aliphatic heterocycles. The van der Waals surface area contributed by atoms with Crippen molar-refractivity contribution < 1.29 is 9.47 Å². The Morgan fingerprint density at radius 3 is 2.34 bits per heavy atom. The van der Waals surface area contributed by atoms with Gasteiger partial charge in [-0.25, -0.2) is 9.97 Å². The van der Waals surface area contributed by atoms with Gasteiger partial charge < -0.3 is 20.5 Å². The SMILES string of the molecule is COCCOc1ccc(-c2c(C#N)c(N)nc(SCc3csc(Nc4ccc(C#N)cc4)n3)c2C#N)cc1. The van der Waals surface area contributed by atoms with Gasteiger partial charge in [0, 0.05) is 29.5 Å². The van der Waals surface area contributed by atoms with Crippen molar-refractivity contribution in [1.29, 1.82) is 15.8 Å². The summed E-state index contributed by atoms with van der Waals surface area (Å²) >= 11 is 2.77. The van der Waals surface area contributed by atoms with Crippen LogP contribution in [0.5, 0.6) is 5.75 Å². The van der Waals surface area contributed by atoms with E-state index in [1.54, 1.807) is 43.5 Å². The monoisotopic (exact) mass is 539 g/mol. The fraction of sp³-hybridized carbons (Fsp3) is 0.148. The largest absolute Gasteiger partial charge is 0.491 e. The summed E-state index contributed by atoms with van der Waals surface area (Å²) in [5.41, 5.74) is 9.88. The van der Waals surface area contributed by atoms with Gasteiger partial charge in [0.05, 0.1) is 29.5 Å². The van der Waals surface area contributed by atoms with Crippen LogP contribution < -0.4 is 15.8 Å². The molecule has 0 atom stereocenters. The zero-order valence-electron chi connectivity index (χ0n) is 20.3. The maximum Gasteiger partial charge on any atom is 0.187 e. The Morgan fingerprint density at radius 2 is 1.68 bits per heavy atom. The van der Waals surface area contributed by atoms with Gasteiger partial charge in [0.15, 0.2) is 5.13 Å². The molecule has 2 aromatic heterocycles. The maximum atomic E-state index is 10.0. The number of thiazole rings is 1. The second-order valence-corrected chi connectivity index (χ2v) is 9.59. The highest BCUT2D eigenvalue weighted by molar-refractivity contribution is 7.98. The van der Waals surface area contributed by atoms with Crippen molar-refractivity contribution in [2.75, 3.05) is 31.4 Å². The number of hydrogen-bond donors (Lipinski definition) is 2. The normalized spacial score (nSPS) is 10.3. The van der Waals surface area contributed by atoms with Crippen LogP contribution in [0.2, 0.25) is 0 Å². The van der Waals surface area contributed by atoms with Crippen LogP contribution in [0.25, 0.3) is 11.1 Å². The minimum Gasteiger partial charge on any atom is -0.491 e. The van der Waals surface area contributed by atoms with Crippen molar-refractivity contribution in [2.45, 2.75) is 10.8 Å². The molecule has 0 saturated carbocycles. The van der Waals surface area contributed by atoms with Gasteiger partial charge in [-0.3, -0.25) is 0 Å². The minimum absolute atomic E-state index is 0.0610. The third kappa shape index (κ3) is 6.20. The van der Waals surface area contributed by atoms with Crippen LogP contribution in [0.3, 0.4) is 0 Å². The lowest BCUT2D eigenvalue weighted by atomic mass is 9.97. The molecule has 2 heterocycles. The van der Waals surface area contributed by atoms with Gasteiger partial charge in [-0.1, -0.05) is 23.9 Å². The Kier molecular flexibility index (Phi) is 8.76. The third-order valence-electron chi connectivity index (χ3n) is 5.29. The zero-order chi connectivity index (χ0) is 26.9. The molecule has 11 heteroatoms. The first kappa shape index (κ1) is 26.5. The van der Waals surface area contributed by atoms with E-state index in [4.69, 9.17) is 20.5 Å². The van der Waals surface area contributed by atoms with Crippen molar-refractivity contribution in [3.63, 3.8) is 0 Å². The van der Waals surface area contributed by atoms with E-state index in [9.17, 15) is 10.5 Å². The molecule has 0 fully saturated rings. The molecule has 0 amide bonds. The highest BCUT2D eigenvalue weighted by Crippen LogP contribution is 2.37. The van der Waals surface area contributed by atoms with Crippen LogP contribution in [0.1, 0.15) is 22.4 Å². The molecule has 4 aromatic rings. The number of pyridine rings is 1. The average Bonchev–Trinajstić information content (AvgIpc) is 3.39. The fourth-order valence-electron chi connectivity index (χ4n) is 3.48. The van der Waals surface area contributed by atoms with Crippen molar-refractivity contribution in [1.82, 2.24) is 9.97 Å². The number of aromatic nitrogens is 2. The van der Waals surface area contributed by atoms with Crippen LogP contribution in [-0.4, -0.2) is 30.3 Å². The molecule has 0 saturated heterocycles. The molecule has 4 rings (SSSR count). The summed E-state index contributed by atoms with van der Waals surface area (Å²) in [6.07, 6.45) is 0. The van der Waals surface area contributed by atoms with E-state index in [0.29, 0.717) is 51.6 Å². The molecular formula is C27H21N7O2S2. The van der Waals surface area contributed by atoms with E-state index in [2.05, 4.69) is 33.5 Å². The Hall–Kier alpha value is -4.60. The van der Waals surface area contributed by atoms with Gasteiger partial charge in [-0.05, 0) is 42.0 Å². The summed E-state index contributed by atoms with van der Waals surface area (Å²) in [6.45, 7) is 0.874. The first-order valence-electron chi connectivity index (χ1n) is 11.3. The predicted molar refractivity (Wildman–Crippen MR) is 147 cm³/mol. The maximum absolute atomic E-state index is 10.0. The lowest BCUT2D eigenvalue weighted by Crippen LogP contribution is -2.05. The fourth-order valence-corrected chi connectivity index (χ4v) is 5.20. The number of nitrogens with zero attached hydrogens (tertiary/aromatic N) is 5. The van der Waals surface area contributed by atoms with Crippen molar-refractivity contribution in [2.24, 2.45) is 0 Å². The van der Waals surface area contributed by atoms with Crippen molar-refractivity contribution >= 4 is 39.7 Å². The third-order valence-corrected chi connectivity index (χ3v) is 7.10. The number of rotatable bonds is 10. The first-order valence-corrected chi connectivity index (χ1v) is 13.1. The molecular weight excluding hydrogens is 518 g/mol. The highest BCUT2D eigenvalue weighted by Gasteiger charge is 2.21. The molecule has 0 bridgehead atoms. The smallest absolute Gasteiger partial charge is 0.187 e. The predicted octanol–water partition coefficient (Wildman–Crippen LogP) is 5.46. The number of nitrogens with one attached hydrogen (secondary N) is 1. The highest BCUT2D eigenvalue weighted by atomic mass is 32.2. The van der Waals surface area contributed by atoms with Crippen molar-refractivity contribution in [3.8, 4) is 35.1 Å². The molecule has 38 heavy (non-hydrogen) atoms. The molecule has 188 valence electrons.